The Kier molecular flexibility index (Phi) is 3.96. The van der Waals surface area contributed by atoms with Crippen LogP contribution in [0.3, 0.4) is 0 Å². The normalized spacial score (nSPS) is 10.3. The standard InChI is InChI=1S/C11H12ClN5O2/c1-3-17-11(14-15-16-17)13-10(18)8-6-7(12)4-5-9(8)19-2/h4-6H,3H2,1-2H3,(H,13,14,16,18). The van der Waals surface area contributed by atoms with Gasteiger partial charge in [-0.05, 0) is 35.5 Å². The number of benzene rings is 1. The van der Waals surface area contributed by atoms with Gasteiger partial charge in [-0.2, -0.15) is 0 Å². The lowest BCUT2D eigenvalue weighted by atomic mass is 10.2. The van der Waals surface area contributed by atoms with Gasteiger partial charge in [-0.1, -0.05) is 16.7 Å². The summed E-state index contributed by atoms with van der Waals surface area (Å²) in [6.45, 7) is 2.42. The predicted octanol–water partition coefficient (Wildman–Crippen LogP) is 1.61. The Balaban J connectivity index is 2.27. The van der Waals surface area contributed by atoms with E-state index in [9.17, 15) is 4.79 Å². The van der Waals surface area contributed by atoms with Gasteiger partial charge in [-0.15, -0.1) is 0 Å². The van der Waals surface area contributed by atoms with E-state index in [1.54, 1.807) is 12.1 Å². The van der Waals surface area contributed by atoms with Crippen molar-refractivity contribution < 1.29 is 9.53 Å². The second-order valence-corrected chi connectivity index (χ2v) is 4.05. The van der Waals surface area contributed by atoms with Crippen LogP contribution in [0.1, 0.15) is 17.3 Å². The first-order valence-electron chi connectivity index (χ1n) is 5.56. The molecule has 0 saturated carbocycles. The third-order valence-corrected chi connectivity index (χ3v) is 2.70. The van der Waals surface area contributed by atoms with Crippen molar-refractivity contribution in [3.8, 4) is 5.75 Å². The molecule has 1 aromatic carbocycles. The number of carbonyl (C=O) groups excluding carboxylic acids is 1. The van der Waals surface area contributed by atoms with Gasteiger partial charge < -0.3 is 4.74 Å². The fourth-order valence-corrected chi connectivity index (χ4v) is 1.71. The van der Waals surface area contributed by atoms with Crippen LogP contribution in [0, 0.1) is 0 Å². The Labute approximate surface area is 114 Å². The maximum atomic E-state index is 12.2. The highest BCUT2D eigenvalue weighted by Gasteiger charge is 2.15. The summed E-state index contributed by atoms with van der Waals surface area (Å²) in [7, 11) is 1.48. The molecule has 1 N–H and O–H groups in total. The van der Waals surface area contributed by atoms with Gasteiger partial charge in [-0.25, -0.2) is 4.68 Å². The third-order valence-electron chi connectivity index (χ3n) is 2.46. The van der Waals surface area contributed by atoms with E-state index in [0.717, 1.165) is 0 Å². The lowest BCUT2D eigenvalue weighted by molar-refractivity contribution is 0.102. The van der Waals surface area contributed by atoms with Crippen LogP contribution in [0.5, 0.6) is 5.75 Å². The molecule has 1 heterocycles. The van der Waals surface area contributed by atoms with Crippen LogP contribution in [0.2, 0.25) is 5.02 Å². The first-order chi connectivity index (χ1) is 9.15. The van der Waals surface area contributed by atoms with Crippen molar-refractivity contribution >= 4 is 23.5 Å². The molecule has 2 rings (SSSR count). The lowest BCUT2D eigenvalue weighted by Crippen LogP contribution is -2.17. The second kappa shape index (κ2) is 5.66. The van der Waals surface area contributed by atoms with Crippen LogP contribution in [-0.4, -0.2) is 33.2 Å². The fraction of sp³-hybridized carbons (Fsp3) is 0.273. The summed E-state index contributed by atoms with van der Waals surface area (Å²) in [5, 5.41) is 14.0. The van der Waals surface area contributed by atoms with Crippen LogP contribution in [0.4, 0.5) is 5.95 Å². The number of aryl methyl sites for hydroxylation is 1. The van der Waals surface area contributed by atoms with E-state index in [1.165, 1.54) is 17.9 Å². The van der Waals surface area contributed by atoms with Gasteiger partial charge >= 0.3 is 0 Å². The fourth-order valence-electron chi connectivity index (χ4n) is 1.53. The summed E-state index contributed by atoms with van der Waals surface area (Å²) in [6.07, 6.45) is 0. The first kappa shape index (κ1) is 13.3. The summed E-state index contributed by atoms with van der Waals surface area (Å²) in [4.78, 5) is 12.2. The number of nitrogens with one attached hydrogen (secondary N) is 1. The molecule has 0 aliphatic heterocycles. The van der Waals surface area contributed by atoms with E-state index in [1.807, 2.05) is 6.92 Å². The molecule has 2 aromatic rings. The van der Waals surface area contributed by atoms with E-state index in [-0.39, 0.29) is 11.9 Å². The summed E-state index contributed by atoms with van der Waals surface area (Å²) in [6, 6.07) is 4.79. The number of hydrogen-bond acceptors (Lipinski definition) is 5. The number of aromatic nitrogens is 4. The minimum absolute atomic E-state index is 0.273. The van der Waals surface area contributed by atoms with Crippen LogP contribution in [-0.2, 0) is 6.54 Å². The average Bonchev–Trinajstić information content (AvgIpc) is 2.85. The molecule has 0 bridgehead atoms. The van der Waals surface area contributed by atoms with Crippen molar-refractivity contribution in [2.24, 2.45) is 0 Å². The van der Waals surface area contributed by atoms with E-state index in [2.05, 4.69) is 20.8 Å². The SMILES string of the molecule is CCn1nnnc1NC(=O)c1cc(Cl)ccc1OC. The Morgan fingerprint density at radius 3 is 3.00 bits per heavy atom. The minimum atomic E-state index is -0.385. The zero-order valence-corrected chi connectivity index (χ0v) is 11.2. The van der Waals surface area contributed by atoms with E-state index in [0.29, 0.717) is 22.9 Å². The molecule has 0 spiro atoms. The molecule has 0 unspecified atom stereocenters. The molecule has 0 radical (unpaired) electrons. The van der Waals surface area contributed by atoms with Crippen LogP contribution in [0.25, 0.3) is 0 Å². The second-order valence-electron chi connectivity index (χ2n) is 3.62. The van der Waals surface area contributed by atoms with Crippen molar-refractivity contribution in [3.05, 3.63) is 28.8 Å². The maximum absolute atomic E-state index is 12.2. The Hall–Kier alpha value is -2.15. The monoisotopic (exact) mass is 281 g/mol. The van der Waals surface area contributed by atoms with Gasteiger partial charge in [0.2, 0.25) is 5.95 Å². The number of halogens is 1. The number of ether oxygens (including phenoxy) is 1. The molecule has 1 amide bonds. The minimum Gasteiger partial charge on any atom is -0.496 e. The summed E-state index contributed by atoms with van der Waals surface area (Å²) >= 11 is 5.88. The Morgan fingerprint density at radius 2 is 2.32 bits per heavy atom. The molecular formula is C11H12ClN5O2. The smallest absolute Gasteiger partial charge is 0.261 e. The molecule has 7 nitrogen and oxygen atoms in total. The van der Waals surface area contributed by atoms with Crippen molar-refractivity contribution in [2.75, 3.05) is 12.4 Å². The molecule has 1 aromatic heterocycles. The number of amides is 1. The summed E-state index contributed by atoms with van der Waals surface area (Å²) in [5.74, 6) is 0.316. The number of tetrazole rings is 1. The summed E-state index contributed by atoms with van der Waals surface area (Å²) in [5.41, 5.74) is 0.320. The molecule has 0 aliphatic rings. The van der Waals surface area contributed by atoms with Crippen molar-refractivity contribution in [1.29, 1.82) is 0 Å². The van der Waals surface area contributed by atoms with Crippen LogP contribution in [0.15, 0.2) is 18.2 Å². The molecule has 100 valence electrons. The zero-order chi connectivity index (χ0) is 13.8. The highest BCUT2D eigenvalue weighted by molar-refractivity contribution is 6.31. The number of anilines is 1. The van der Waals surface area contributed by atoms with Crippen molar-refractivity contribution in [3.63, 3.8) is 0 Å². The van der Waals surface area contributed by atoms with Gasteiger partial charge in [-0.3, -0.25) is 10.1 Å². The highest BCUT2D eigenvalue weighted by atomic mass is 35.5. The number of nitrogens with zero attached hydrogens (tertiary/aromatic N) is 4. The lowest BCUT2D eigenvalue weighted by Gasteiger charge is -2.09. The van der Waals surface area contributed by atoms with Crippen molar-refractivity contribution in [1.82, 2.24) is 20.2 Å². The van der Waals surface area contributed by atoms with Gasteiger partial charge in [0, 0.05) is 11.6 Å². The molecule has 0 saturated heterocycles. The molecule has 0 aliphatic carbocycles. The average molecular weight is 282 g/mol. The molecule has 8 heteroatoms. The first-order valence-corrected chi connectivity index (χ1v) is 5.94. The van der Waals surface area contributed by atoms with Gasteiger partial charge in [0.1, 0.15) is 5.75 Å². The Morgan fingerprint density at radius 1 is 1.53 bits per heavy atom. The molecule has 0 fully saturated rings. The van der Waals surface area contributed by atoms with E-state index < -0.39 is 0 Å². The van der Waals surface area contributed by atoms with Gasteiger partial charge in [0.15, 0.2) is 0 Å². The van der Waals surface area contributed by atoms with E-state index >= 15 is 0 Å². The third kappa shape index (κ3) is 2.82. The predicted molar refractivity (Wildman–Crippen MR) is 69.4 cm³/mol. The van der Waals surface area contributed by atoms with Gasteiger partial charge in [0.05, 0.1) is 12.7 Å². The van der Waals surface area contributed by atoms with Crippen LogP contribution < -0.4 is 10.1 Å². The number of rotatable bonds is 4. The van der Waals surface area contributed by atoms with E-state index in [4.69, 9.17) is 16.3 Å². The zero-order valence-electron chi connectivity index (χ0n) is 10.4. The Bertz CT molecular complexity index is 599. The molecule has 0 atom stereocenters. The summed E-state index contributed by atoms with van der Waals surface area (Å²) < 4.78 is 6.59. The van der Waals surface area contributed by atoms with Gasteiger partial charge in [0.25, 0.3) is 5.91 Å². The highest BCUT2D eigenvalue weighted by Crippen LogP contribution is 2.23. The maximum Gasteiger partial charge on any atom is 0.261 e. The van der Waals surface area contributed by atoms with Crippen LogP contribution >= 0.6 is 11.6 Å². The molecule has 19 heavy (non-hydrogen) atoms. The largest absolute Gasteiger partial charge is 0.496 e. The number of hydrogen-bond donors (Lipinski definition) is 1. The topological polar surface area (TPSA) is 81.9 Å². The number of carbonyl (C=O) groups is 1. The van der Waals surface area contributed by atoms with Crippen molar-refractivity contribution in [2.45, 2.75) is 13.5 Å². The number of methoxy groups -OCH3 is 1. The quantitative estimate of drug-likeness (QED) is 0.920. The molecular weight excluding hydrogens is 270 g/mol.